The molecule has 29 heavy (non-hydrogen) atoms. The van der Waals surface area contributed by atoms with Crippen molar-refractivity contribution in [3.05, 3.63) is 54.0 Å². The third-order valence-electron chi connectivity index (χ3n) is 5.11. The first-order valence-corrected chi connectivity index (χ1v) is 10.1. The molecule has 1 aliphatic heterocycles. The molecule has 7 nitrogen and oxygen atoms in total. The molecule has 2 heterocycles. The molecule has 0 bridgehead atoms. The smallest absolute Gasteiger partial charge is 0.217 e. The monoisotopic (exact) mass is 398 g/mol. The van der Waals surface area contributed by atoms with Crippen molar-refractivity contribution >= 4 is 11.9 Å². The van der Waals surface area contributed by atoms with Gasteiger partial charge in [0.05, 0.1) is 19.9 Å². The molecule has 1 fully saturated rings. The molecule has 1 atom stereocenters. The van der Waals surface area contributed by atoms with E-state index in [9.17, 15) is 4.79 Å². The normalized spacial score (nSPS) is 17.2. The number of guanidine groups is 1. The van der Waals surface area contributed by atoms with E-state index in [1.807, 2.05) is 36.4 Å². The first-order chi connectivity index (χ1) is 14.1. The highest BCUT2D eigenvalue weighted by Gasteiger charge is 2.23. The van der Waals surface area contributed by atoms with Gasteiger partial charge in [0.15, 0.2) is 5.96 Å². The highest BCUT2D eigenvalue weighted by Crippen LogP contribution is 2.20. The van der Waals surface area contributed by atoms with Crippen LogP contribution < -0.4 is 15.8 Å². The number of methoxy groups -OCH3 is 1. The van der Waals surface area contributed by atoms with Crippen LogP contribution in [0.1, 0.15) is 30.6 Å². The number of likely N-dealkylation sites (tertiary alicyclic amines) is 1. The van der Waals surface area contributed by atoms with E-state index < -0.39 is 0 Å². The van der Waals surface area contributed by atoms with Crippen molar-refractivity contribution in [2.45, 2.75) is 32.2 Å². The Bertz CT molecular complexity index is 787. The van der Waals surface area contributed by atoms with E-state index in [0.717, 1.165) is 61.9 Å². The van der Waals surface area contributed by atoms with Gasteiger partial charge in [-0.25, -0.2) is 4.99 Å². The van der Waals surface area contributed by atoms with E-state index in [1.165, 1.54) is 0 Å². The molecule has 156 valence electrons. The average molecular weight is 399 g/mol. The molecule has 0 radical (unpaired) electrons. The van der Waals surface area contributed by atoms with Crippen LogP contribution in [0.4, 0.5) is 0 Å². The second-order valence-electron chi connectivity index (χ2n) is 7.37. The number of benzene rings is 1. The third kappa shape index (κ3) is 6.55. The summed E-state index contributed by atoms with van der Waals surface area (Å²) in [4.78, 5) is 18.4. The van der Waals surface area contributed by atoms with Crippen LogP contribution in [0.5, 0.6) is 5.75 Å². The Labute approximate surface area is 171 Å². The van der Waals surface area contributed by atoms with Gasteiger partial charge in [-0.05, 0) is 48.6 Å². The summed E-state index contributed by atoms with van der Waals surface area (Å²) in [7, 11) is 1.66. The van der Waals surface area contributed by atoms with E-state index in [4.69, 9.17) is 19.9 Å². The Morgan fingerprint density at radius 3 is 2.86 bits per heavy atom. The lowest BCUT2D eigenvalue weighted by Gasteiger charge is -2.34. The average Bonchev–Trinajstić information content (AvgIpc) is 3.24. The van der Waals surface area contributed by atoms with Crippen LogP contribution in [0.3, 0.4) is 0 Å². The van der Waals surface area contributed by atoms with Gasteiger partial charge in [0.2, 0.25) is 5.91 Å². The van der Waals surface area contributed by atoms with Crippen LogP contribution in [0.2, 0.25) is 0 Å². The molecule has 3 N–H and O–H groups in total. The molecule has 1 saturated heterocycles. The van der Waals surface area contributed by atoms with Crippen LogP contribution in [-0.2, 0) is 17.8 Å². The summed E-state index contributed by atoms with van der Waals surface area (Å²) in [6.45, 7) is 3.01. The van der Waals surface area contributed by atoms with Gasteiger partial charge in [0.1, 0.15) is 11.5 Å². The van der Waals surface area contributed by atoms with Gasteiger partial charge in [-0.15, -0.1) is 0 Å². The minimum Gasteiger partial charge on any atom is -0.497 e. The molecule has 7 heteroatoms. The molecule has 1 aliphatic rings. The highest BCUT2D eigenvalue weighted by atomic mass is 16.5. The van der Waals surface area contributed by atoms with E-state index >= 15 is 0 Å². The van der Waals surface area contributed by atoms with Gasteiger partial charge in [-0.3, -0.25) is 4.79 Å². The quantitative estimate of drug-likeness (QED) is 0.527. The Morgan fingerprint density at radius 1 is 1.34 bits per heavy atom. The van der Waals surface area contributed by atoms with Gasteiger partial charge >= 0.3 is 0 Å². The van der Waals surface area contributed by atoms with Crippen LogP contribution in [0.15, 0.2) is 52.1 Å². The summed E-state index contributed by atoms with van der Waals surface area (Å²) in [6, 6.07) is 11.8. The number of ether oxygens (including phenoxy) is 1. The van der Waals surface area contributed by atoms with Crippen molar-refractivity contribution < 1.29 is 13.9 Å². The second-order valence-corrected chi connectivity index (χ2v) is 7.37. The van der Waals surface area contributed by atoms with Crippen molar-refractivity contribution in [3.8, 4) is 5.75 Å². The summed E-state index contributed by atoms with van der Waals surface area (Å²) < 4.78 is 10.6. The molecular formula is C22H30N4O3. The second kappa shape index (κ2) is 10.5. The van der Waals surface area contributed by atoms with Gasteiger partial charge in [0, 0.05) is 32.5 Å². The van der Waals surface area contributed by atoms with E-state index in [0.29, 0.717) is 13.0 Å². The zero-order valence-corrected chi connectivity index (χ0v) is 17.0. The lowest BCUT2D eigenvalue weighted by molar-refractivity contribution is -0.119. The Morgan fingerprint density at radius 2 is 2.17 bits per heavy atom. The van der Waals surface area contributed by atoms with Crippen molar-refractivity contribution in [2.24, 2.45) is 16.6 Å². The number of furan rings is 1. The number of aliphatic imine (C=N–C) groups is 1. The maximum Gasteiger partial charge on any atom is 0.217 e. The molecule has 3 rings (SSSR count). The van der Waals surface area contributed by atoms with Gasteiger partial charge in [-0.2, -0.15) is 0 Å². The molecule has 1 amide bonds. The van der Waals surface area contributed by atoms with Gasteiger partial charge in [-0.1, -0.05) is 12.1 Å². The molecule has 0 saturated carbocycles. The summed E-state index contributed by atoms with van der Waals surface area (Å²) >= 11 is 0. The fourth-order valence-corrected chi connectivity index (χ4v) is 3.63. The number of nitrogens with one attached hydrogen (secondary N) is 1. The Balaban J connectivity index is 1.66. The van der Waals surface area contributed by atoms with Gasteiger partial charge < -0.3 is 25.1 Å². The predicted octanol–water partition coefficient (Wildman–Crippen LogP) is 2.56. The number of carbonyl (C=O) groups is 1. The summed E-state index contributed by atoms with van der Waals surface area (Å²) in [5.74, 6) is 2.68. The predicted molar refractivity (Wildman–Crippen MR) is 113 cm³/mol. The topological polar surface area (TPSA) is 93.1 Å². The zero-order chi connectivity index (χ0) is 20.5. The van der Waals surface area contributed by atoms with Crippen LogP contribution in [0, 0.1) is 5.92 Å². The van der Waals surface area contributed by atoms with E-state index in [-0.39, 0.29) is 11.8 Å². The van der Waals surface area contributed by atoms with E-state index in [2.05, 4.69) is 10.2 Å². The number of hydrogen-bond acceptors (Lipinski definition) is 4. The lowest BCUT2D eigenvalue weighted by atomic mass is 9.95. The van der Waals surface area contributed by atoms with Crippen LogP contribution >= 0.6 is 0 Å². The molecule has 1 unspecified atom stereocenters. The fourth-order valence-electron chi connectivity index (χ4n) is 3.63. The minimum atomic E-state index is -0.237. The van der Waals surface area contributed by atoms with E-state index in [1.54, 1.807) is 13.4 Å². The third-order valence-corrected chi connectivity index (χ3v) is 5.11. The Kier molecular flexibility index (Phi) is 7.55. The summed E-state index contributed by atoms with van der Waals surface area (Å²) in [6.07, 6.45) is 4.95. The van der Waals surface area contributed by atoms with Crippen molar-refractivity contribution in [2.75, 3.05) is 26.7 Å². The number of nitrogens with two attached hydrogens (primary N) is 1. The first kappa shape index (κ1) is 20.8. The number of piperidine rings is 1. The summed E-state index contributed by atoms with van der Waals surface area (Å²) in [5, 5.41) is 3.47. The minimum absolute atomic E-state index is 0.237. The molecule has 1 aromatic heterocycles. The SMILES string of the molecule is COc1ccc(CN=C(NCCc2ccco2)N2CCCC(CC(N)=O)C2)cc1. The number of amides is 1. The number of hydrogen-bond donors (Lipinski definition) is 2. The first-order valence-electron chi connectivity index (χ1n) is 10.1. The van der Waals surface area contributed by atoms with Gasteiger partial charge in [0.25, 0.3) is 0 Å². The van der Waals surface area contributed by atoms with Crippen molar-refractivity contribution in [1.29, 1.82) is 0 Å². The largest absolute Gasteiger partial charge is 0.497 e. The Hall–Kier alpha value is -2.96. The van der Waals surface area contributed by atoms with Crippen LogP contribution in [-0.4, -0.2) is 43.5 Å². The van der Waals surface area contributed by atoms with Crippen molar-refractivity contribution in [1.82, 2.24) is 10.2 Å². The standard InChI is InChI=1S/C22H30N4O3/c1-28-19-8-6-17(7-9-19)15-25-22(24-11-10-20-5-3-13-29-20)26-12-2-4-18(16-26)14-21(23)27/h3,5-9,13,18H,2,4,10-12,14-16H2,1H3,(H2,23,27)(H,24,25). The maximum absolute atomic E-state index is 11.3. The molecule has 2 aromatic rings. The highest BCUT2D eigenvalue weighted by molar-refractivity contribution is 5.80. The lowest BCUT2D eigenvalue weighted by Crippen LogP contribution is -2.47. The number of rotatable bonds is 8. The molecule has 0 aliphatic carbocycles. The molecular weight excluding hydrogens is 368 g/mol. The molecule has 0 spiro atoms. The maximum atomic E-state index is 11.3. The molecule has 1 aromatic carbocycles. The zero-order valence-electron chi connectivity index (χ0n) is 17.0. The number of primary amides is 1. The number of nitrogens with zero attached hydrogens (tertiary/aromatic N) is 2. The number of carbonyl (C=O) groups excluding carboxylic acids is 1. The van der Waals surface area contributed by atoms with Crippen molar-refractivity contribution in [3.63, 3.8) is 0 Å². The van der Waals surface area contributed by atoms with Crippen LogP contribution in [0.25, 0.3) is 0 Å². The fraction of sp³-hybridized carbons (Fsp3) is 0.455. The summed E-state index contributed by atoms with van der Waals surface area (Å²) in [5.41, 5.74) is 6.53.